The molecule has 4 aromatic rings. The van der Waals surface area contributed by atoms with Gasteiger partial charge in [-0.15, -0.1) is 10.2 Å². The second-order valence-corrected chi connectivity index (χ2v) is 7.40. The average molecular weight is 393 g/mol. The number of fused-ring (bicyclic) bond motifs is 3. The number of aromatic nitrogens is 4. The minimum absolute atomic E-state index is 0.159. The summed E-state index contributed by atoms with van der Waals surface area (Å²) in [5, 5.41) is 20.9. The third-order valence-electron chi connectivity index (χ3n) is 4.15. The Bertz CT molecular complexity index is 1190. The van der Waals surface area contributed by atoms with E-state index in [1.165, 1.54) is 23.9 Å². The normalized spacial score (nSPS) is 12.2. The van der Waals surface area contributed by atoms with Crippen LogP contribution in [-0.2, 0) is 4.79 Å². The SMILES string of the molecule is CC(Sc1nnc2c(n1)[nH]c1ccccc12)C(=O)Nc1ccc(C(=O)O)cc1. The Balaban J connectivity index is 1.47. The lowest BCUT2D eigenvalue weighted by Crippen LogP contribution is -2.22. The molecule has 8 nitrogen and oxygen atoms in total. The molecule has 0 radical (unpaired) electrons. The van der Waals surface area contributed by atoms with E-state index in [0.717, 1.165) is 10.9 Å². The third kappa shape index (κ3) is 3.52. The van der Waals surface area contributed by atoms with E-state index in [9.17, 15) is 9.59 Å². The Morgan fingerprint density at radius 3 is 2.61 bits per heavy atom. The number of nitrogens with one attached hydrogen (secondary N) is 2. The number of carboxylic acids is 1. The molecular formula is C19H15N5O3S. The predicted molar refractivity (Wildman–Crippen MR) is 107 cm³/mol. The van der Waals surface area contributed by atoms with Crippen LogP contribution in [-0.4, -0.2) is 42.4 Å². The molecule has 1 amide bonds. The number of aromatic amines is 1. The summed E-state index contributed by atoms with van der Waals surface area (Å²) in [6.07, 6.45) is 0. The summed E-state index contributed by atoms with van der Waals surface area (Å²) >= 11 is 1.19. The van der Waals surface area contributed by atoms with E-state index in [4.69, 9.17) is 5.11 Å². The highest BCUT2D eigenvalue weighted by Crippen LogP contribution is 2.25. The van der Waals surface area contributed by atoms with Crippen molar-refractivity contribution in [3.8, 4) is 0 Å². The van der Waals surface area contributed by atoms with Gasteiger partial charge in [0.2, 0.25) is 11.1 Å². The van der Waals surface area contributed by atoms with Gasteiger partial charge in [0.05, 0.1) is 10.8 Å². The number of hydrogen-bond donors (Lipinski definition) is 3. The molecule has 2 heterocycles. The number of anilines is 1. The minimum atomic E-state index is -1.01. The summed E-state index contributed by atoms with van der Waals surface area (Å²) in [4.78, 5) is 31.0. The van der Waals surface area contributed by atoms with Gasteiger partial charge in [0.25, 0.3) is 0 Å². The van der Waals surface area contributed by atoms with Crippen molar-refractivity contribution in [1.82, 2.24) is 20.2 Å². The van der Waals surface area contributed by atoms with E-state index in [1.807, 2.05) is 24.3 Å². The molecular weight excluding hydrogens is 378 g/mol. The van der Waals surface area contributed by atoms with Gasteiger partial charge in [-0.25, -0.2) is 9.78 Å². The molecule has 1 unspecified atom stereocenters. The van der Waals surface area contributed by atoms with Crippen molar-refractivity contribution < 1.29 is 14.7 Å². The molecule has 28 heavy (non-hydrogen) atoms. The molecule has 2 aromatic carbocycles. The van der Waals surface area contributed by atoms with Crippen molar-refractivity contribution >= 4 is 51.4 Å². The summed E-state index contributed by atoms with van der Waals surface area (Å²) in [5.41, 5.74) is 2.92. The zero-order chi connectivity index (χ0) is 19.7. The monoisotopic (exact) mass is 393 g/mol. The van der Waals surface area contributed by atoms with Crippen molar-refractivity contribution in [3.05, 3.63) is 54.1 Å². The molecule has 0 aliphatic rings. The number of carbonyl (C=O) groups excluding carboxylic acids is 1. The van der Waals surface area contributed by atoms with Gasteiger partial charge in [-0.2, -0.15) is 0 Å². The highest BCUT2D eigenvalue weighted by molar-refractivity contribution is 8.00. The topological polar surface area (TPSA) is 121 Å². The lowest BCUT2D eigenvalue weighted by molar-refractivity contribution is -0.115. The molecule has 0 aliphatic carbocycles. The van der Waals surface area contributed by atoms with Gasteiger partial charge in [0, 0.05) is 16.6 Å². The Morgan fingerprint density at radius 1 is 1.11 bits per heavy atom. The fourth-order valence-corrected chi connectivity index (χ4v) is 3.42. The quantitative estimate of drug-likeness (QED) is 0.445. The minimum Gasteiger partial charge on any atom is -0.478 e. The Hall–Kier alpha value is -3.46. The molecule has 4 rings (SSSR count). The van der Waals surface area contributed by atoms with E-state index < -0.39 is 11.2 Å². The summed E-state index contributed by atoms with van der Waals surface area (Å²) in [6, 6.07) is 13.7. The highest BCUT2D eigenvalue weighted by atomic mass is 32.2. The van der Waals surface area contributed by atoms with Crippen molar-refractivity contribution in [2.75, 3.05) is 5.32 Å². The zero-order valence-corrected chi connectivity index (χ0v) is 15.5. The molecule has 0 aliphatic heterocycles. The Labute approximate surface area is 163 Å². The van der Waals surface area contributed by atoms with Crippen molar-refractivity contribution in [2.45, 2.75) is 17.3 Å². The number of amides is 1. The van der Waals surface area contributed by atoms with Gasteiger partial charge in [-0.3, -0.25) is 4.79 Å². The maximum atomic E-state index is 12.4. The fourth-order valence-electron chi connectivity index (χ4n) is 2.71. The fraction of sp³-hybridized carbons (Fsp3) is 0.105. The molecule has 0 saturated heterocycles. The number of aromatic carboxylic acids is 1. The highest BCUT2D eigenvalue weighted by Gasteiger charge is 2.18. The Kier molecular flexibility index (Phi) is 4.66. The number of carboxylic acid groups (broad SMARTS) is 1. The van der Waals surface area contributed by atoms with Crippen LogP contribution in [0.3, 0.4) is 0 Å². The second kappa shape index (κ2) is 7.28. The van der Waals surface area contributed by atoms with Gasteiger partial charge < -0.3 is 15.4 Å². The van der Waals surface area contributed by atoms with E-state index in [2.05, 4.69) is 25.5 Å². The van der Waals surface area contributed by atoms with Crippen LogP contribution in [0.15, 0.2) is 53.7 Å². The molecule has 2 aromatic heterocycles. The average Bonchev–Trinajstić information content (AvgIpc) is 3.06. The first-order valence-corrected chi connectivity index (χ1v) is 9.31. The number of nitrogens with zero attached hydrogens (tertiary/aromatic N) is 3. The van der Waals surface area contributed by atoms with E-state index >= 15 is 0 Å². The molecule has 0 fully saturated rings. The molecule has 140 valence electrons. The van der Waals surface area contributed by atoms with Crippen LogP contribution in [0, 0.1) is 0 Å². The first-order chi connectivity index (χ1) is 13.5. The van der Waals surface area contributed by atoms with Gasteiger partial charge in [-0.05, 0) is 37.3 Å². The number of H-pyrrole nitrogens is 1. The van der Waals surface area contributed by atoms with E-state index in [-0.39, 0.29) is 11.5 Å². The zero-order valence-electron chi connectivity index (χ0n) is 14.7. The predicted octanol–water partition coefficient (Wildman–Crippen LogP) is 3.32. The third-order valence-corrected chi connectivity index (χ3v) is 5.10. The van der Waals surface area contributed by atoms with Crippen LogP contribution in [0.1, 0.15) is 17.3 Å². The molecule has 3 N–H and O–H groups in total. The van der Waals surface area contributed by atoms with Crippen LogP contribution >= 0.6 is 11.8 Å². The van der Waals surface area contributed by atoms with E-state index in [1.54, 1.807) is 19.1 Å². The van der Waals surface area contributed by atoms with Gasteiger partial charge >= 0.3 is 5.97 Å². The van der Waals surface area contributed by atoms with Crippen LogP contribution in [0.4, 0.5) is 5.69 Å². The number of para-hydroxylation sites is 1. The number of rotatable bonds is 5. The maximum Gasteiger partial charge on any atom is 0.335 e. The van der Waals surface area contributed by atoms with Gasteiger partial charge in [0.15, 0.2) is 5.65 Å². The number of carbonyl (C=O) groups is 2. The van der Waals surface area contributed by atoms with E-state index in [0.29, 0.717) is 22.0 Å². The Morgan fingerprint density at radius 2 is 1.86 bits per heavy atom. The van der Waals surface area contributed by atoms with Crippen LogP contribution < -0.4 is 5.32 Å². The lowest BCUT2D eigenvalue weighted by Gasteiger charge is -2.11. The summed E-state index contributed by atoms with van der Waals surface area (Å²) in [5.74, 6) is -1.26. The van der Waals surface area contributed by atoms with Crippen LogP contribution in [0.2, 0.25) is 0 Å². The molecule has 0 bridgehead atoms. The molecule has 0 spiro atoms. The summed E-state index contributed by atoms with van der Waals surface area (Å²) in [7, 11) is 0. The second-order valence-electron chi connectivity index (χ2n) is 6.09. The first kappa shape index (κ1) is 17.9. The summed E-state index contributed by atoms with van der Waals surface area (Å²) < 4.78 is 0. The summed E-state index contributed by atoms with van der Waals surface area (Å²) in [6.45, 7) is 1.74. The molecule has 1 atom stereocenters. The van der Waals surface area contributed by atoms with Crippen molar-refractivity contribution in [2.24, 2.45) is 0 Å². The first-order valence-electron chi connectivity index (χ1n) is 8.43. The van der Waals surface area contributed by atoms with Crippen LogP contribution in [0.5, 0.6) is 0 Å². The van der Waals surface area contributed by atoms with Crippen LogP contribution in [0.25, 0.3) is 22.1 Å². The maximum absolute atomic E-state index is 12.4. The standard InChI is InChI=1S/C19H15N5O3S/c1-10(17(25)20-12-8-6-11(7-9-12)18(26)27)28-19-22-16-15(23-24-19)13-4-2-3-5-14(13)21-16/h2-10H,1H3,(H,20,25)(H,26,27)(H,21,22,24). The number of hydrogen-bond acceptors (Lipinski definition) is 6. The van der Waals surface area contributed by atoms with Crippen molar-refractivity contribution in [1.29, 1.82) is 0 Å². The number of benzene rings is 2. The molecule has 9 heteroatoms. The lowest BCUT2D eigenvalue weighted by atomic mass is 10.2. The smallest absolute Gasteiger partial charge is 0.335 e. The van der Waals surface area contributed by atoms with Crippen molar-refractivity contribution in [3.63, 3.8) is 0 Å². The number of thioether (sulfide) groups is 1. The largest absolute Gasteiger partial charge is 0.478 e. The molecule has 0 saturated carbocycles. The van der Waals surface area contributed by atoms with Gasteiger partial charge in [0.1, 0.15) is 5.52 Å². The van der Waals surface area contributed by atoms with Gasteiger partial charge in [-0.1, -0.05) is 30.0 Å².